The molecule has 2 saturated heterocycles. The first-order valence-corrected chi connectivity index (χ1v) is 8.99. The molecule has 25 heavy (non-hydrogen) atoms. The molecule has 0 aromatic heterocycles. The number of esters is 1. The van der Waals surface area contributed by atoms with Crippen molar-refractivity contribution in [3.63, 3.8) is 0 Å². The number of piperidine rings is 2. The Labute approximate surface area is 148 Å². The van der Waals surface area contributed by atoms with E-state index in [1.165, 1.54) is 0 Å². The maximum atomic E-state index is 12.4. The van der Waals surface area contributed by atoms with Crippen LogP contribution in [0.5, 0.6) is 0 Å². The van der Waals surface area contributed by atoms with Gasteiger partial charge in [0.15, 0.2) is 0 Å². The molecule has 3 rings (SSSR count). The fraction of sp³-hybridized carbons (Fsp3) is 0.579. The number of ether oxygens (including phenoxy) is 2. The zero-order valence-electron chi connectivity index (χ0n) is 14.6. The van der Waals surface area contributed by atoms with Crippen LogP contribution in [0.25, 0.3) is 0 Å². The lowest BCUT2D eigenvalue weighted by Crippen LogP contribution is -2.58. The summed E-state index contributed by atoms with van der Waals surface area (Å²) in [6.45, 7) is 5.42. The Morgan fingerprint density at radius 1 is 1.12 bits per heavy atom. The normalized spacial score (nSPS) is 25.3. The van der Waals surface area contributed by atoms with Gasteiger partial charge < -0.3 is 19.7 Å². The Bertz CT molecular complexity index is 578. The third-order valence-corrected chi connectivity index (χ3v) is 5.10. The summed E-state index contributed by atoms with van der Waals surface area (Å²) < 4.78 is 10.6. The molecule has 1 amide bonds. The van der Waals surface area contributed by atoms with Crippen LogP contribution in [0.3, 0.4) is 0 Å². The van der Waals surface area contributed by atoms with E-state index in [1.807, 2.05) is 37.3 Å². The Kier molecular flexibility index (Phi) is 5.91. The Hall–Kier alpha value is -2.08. The Morgan fingerprint density at radius 2 is 1.80 bits per heavy atom. The van der Waals surface area contributed by atoms with Crippen molar-refractivity contribution in [2.75, 3.05) is 32.8 Å². The molecule has 1 aromatic rings. The maximum Gasteiger partial charge on any atom is 0.410 e. The predicted octanol–water partition coefficient (Wildman–Crippen LogP) is 2.04. The molecule has 1 N–H and O–H groups in total. The zero-order chi connectivity index (χ0) is 17.6. The van der Waals surface area contributed by atoms with E-state index >= 15 is 0 Å². The van der Waals surface area contributed by atoms with Gasteiger partial charge >= 0.3 is 12.1 Å². The van der Waals surface area contributed by atoms with Crippen molar-refractivity contribution < 1.29 is 19.1 Å². The third kappa shape index (κ3) is 4.51. The van der Waals surface area contributed by atoms with E-state index in [-0.39, 0.29) is 36.4 Å². The molecule has 2 heterocycles. The van der Waals surface area contributed by atoms with E-state index in [2.05, 4.69) is 5.32 Å². The van der Waals surface area contributed by atoms with Crippen molar-refractivity contribution in [3.05, 3.63) is 35.9 Å². The highest BCUT2D eigenvalue weighted by Gasteiger charge is 2.42. The smallest absolute Gasteiger partial charge is 0.410 e. The topological polar surface area (TPSA) is 67.9 Å². The van der Waals surface area contributed by atoms with E-state index in [1.54, 1.807) is 4.90 Å². The van der Waals surface area contributed by atoms with Crippen molar-refractivity contribution in [2.24, 2.45) is 17.8 Å². The second-order valence-electron chi connectivity index (χ2n) is 6.80. The fourth-order valence-electron chi connectivity index (χ4n) is 3.89. The number of hydrogen-bond acceptors (Lipinski definition) is 5. The van der Waals surface area contributed by atoms with Gasteiger partial charge in [0, 0.05) is 19.5 Å². The van der Waals surface area contributed by atoms with E-state index in [4.69, 9.17) is 9.47 Å². The molecule has 2 aliphatic heterocycles. The Morgan fingerprint density at radius 3 is 2.44 bits per heavy atom. The molecule has 6 heteroatoms. The van der Waals surface area contributed by atoms with Gasteiger partial charge in [0.05, 0.1) is 6.61 Å². The van der Waals surface area contributed by atoms with Crippen LogP contribution in [0.2, 0.25) is 0 Å². The van der Waals surface area contributed by atoms with E-state index < -0.39 is 0 Å². The first-order chi connectivity index (χ1) is 12.2. The molecular weight excluding hydrogens is 320 g/mol. The van der Waals surface area contributed by atoms with Gasteiger partial charge in [0.2, 0.25) is 0 Å². The van der Waals surface area contributed by atoms with Gasteiger partial charge in [-0.3, -0.25) is 4.79 Å². The fourth-order valence-corrected chi connectivity index (χ4v) is 3.89. The molecule has 6 nitrogen and oxygen atoms in total. The van der Waals surface area contributed by atoms with Gasteiger partial charge in [-0.1, -0.05) is 30.3 Å². The predicted molar refractivity (Wildman–Crippen MR) is 92.8 cm³/mol. The second kappa shape index (κ2) is 8.34. The molecular formula is C19H26N2O4. The summed E-state index contributed by atoms with van der Waals surface area (Å²) in [5.41, 5.74) is 0.981. The minimum Gasteiger partial charge on any atom is -0.466 e. The van der Waals surface area contributed by atoms with Gasteiger partial charge in [0.1, 0.15) is 6.61 Å². The molecule has 2 aliphatic rings. The standard InChI is InChI=1S/C19H26N2O4/c1-2-24-18(22)8-17-15-9-20-10-16(17)12-21(11-15)19(23)25-13-14-6-4-3-5-7-14/h3-7,15-17,20H,2,8-13H2,1H3. The summed E-state index contributed by atoms with van der Waals surface area (Å²) in [7, 11) is 0. The van der Waals surface area contributed by atoms with Crippen LogP contribution in [0, 0.1) is 17.8 Å². The molecule has 0 radical (unpaired) electrons. The van der Waals surface area contributed by atoms with Gasteiger partial charge in [-0.15, -0.1) is 0 Å². The molecule has 2 bridgehead atoms. The summed E-state index contributed by atoms with van der Waals surface area (Å²) in [4.78, 5) is 26.1. The van der Waals surface area contributed by atoms with Gasteiger partial charge in [-0.05, 0) is 43.3 Å². The summed E-state index contributed by atoms with van der Waals surface area (Å²) in [6, 6.07) is 9.68. The van der Waals surface area contributed by atoms with Crippen LogP contribution in [0.4, 0.5) is 4.79 Å². The minimum atomic E-state index is -0.268. The van der Waals surface area contributed by atoms with Gasteiger partial charge in [0.25, 0.3) is 0 Å². The minimum absolute atomic E-state index is 0.135. The van der Waals surface area contributed by atoms with Gasteiger partial charge in [-0.2, -0.15) is 0 Å². The van der Waals surface area contributed by atoms with Crippen molar-refractivity contribution in [1.29, 1.82) is 0 Å². The van der Waals surface area contributed by atoms with Crippen molar-refractivity contribution in [1.82, 2.24) is 10.2 Å². The quantitative estimate of drug-likeness (QED) is 0.827. The van der Waals surface area contributed by atoms with Crippen molar-refractivity contribution in [3.8, 4) is 0 Å². The summed E-state index contributed by atoms with van der Waals surface area (Å²) >= 11 is 0. The lowest BCUT2D eigenvalue weighted by atomic mass is 9.73. The average molecular weight is 346 g/mol. The Balaban J connectivity index is 1.55. The number of carbonyl (C=O) groups is 2. The van der Waals surface area contributed by atoms with E-state index in [0.717, 1.165) is 18.7 Å². The lowest BCUT2D eigenvalue weighted by molar-refractivity contribution is -0.146. The molecule has 2 fully saturated rings. The van der Waals surface area contributed by atoms with Crippen LogP contribution in [0.1, 0.15) is 18.9 Å². The summed E-state index contributed by atoms with van der Waals surface area (Å²) in [6.07, 6.45) is 0.174. The van der Waals surface area contributed by atoms with Crippen molar-refractivity contribution >= 4 is 12.1 Å². The molecule has 136 valence electrons. The van der Waals surface area contributed by atoms with E-state index in [0.29, 0.717) is 26.1 Å². The number of likely N-dealkylation sites (tertiary alicyclic amines) is 1. The third-order valence-electron chi connectivity index (χ3n) is 5.10. The molecule has 0 aliphatic carbocycles. The first kappa shape index (κ1) is 17.7. The average Bonchev–Trinajstić information content (AvgIpc) is 2.60. The lowest BCUT2D eigenvalue weighted by Gasteiger charge is -2.46. The number of nitrogens with one attached hydrogen (secondary N) is 1. The highest BCUT2D eigenvalue weighted by atomic mass is 16.6. The van der Waals surface area contributed by atoms with Crippen molar-refractivity contribution in [2.45, 2.75) is 20.0 Å². The highest BCUT2D eigenvalue weighted by Crippen LogP contribution is 2.34. The van der Waals surface area contributed by atoms with E-state index in [9.17, 15) is 9.59 Å². The number of fused-ring (bicyclic) bond motifs is 2. The van der Waals surface area contributed by atoms with Crippen LogP contribution >= 0.6 is 0 Å². The number of amides is 1. The number of rotatable bonds is 5. The molecule has 2 atom stereocenters. The SMILES string of the molecule is CCOC(=O)CC1C2CNCC1CN(C(=O)OCc1ccccc1)C2. The number of carbonyl (C=O) groups excluding carboxylic acids is 2. The maximum absolute atomic E-state index is 12.4. The van der Waals surface area contributed by atoms with Crippen LogP contribution in [-0.2, 0) is 20.9 Å². The largest absolute Gasteiger partial charge is 0.466 e. The van der Waals surface area contributed by atoms with Crippen LogP contribution in [0.15, 0.2) is 30.3 Å². The number of nitrogens with zero attached hydrogens (tertiary/aromatic N) is 1. The molecule has 2 unspecified atom stereocenters. The number of hydrogen-bond donors (Lipinski definition) is 1. The second-order valence-corrected chi connectivity index (χ2v) is 6.80. The van der Waals surface area contributed by atoms with Crippen LogP contribution < -0.4 is 5.32 Å². The number of benzene rings is 1. The van der Waals surface area contributed by atoms with Crippen LogP contribution in [-0.4, -0.2) is 49.7 Å². The molecule has 0 saturated carbocycles. The first-order valence-electron chi connectivity index (χ1n) is 8.99. The monoisotopic (exact) mass is 346 g/mol. The summed E-state index contributed by atoms with van der Waals surface area (Å²) in [5, 5.41) is 3.41. The molecule has 1 aromatic carbocycles. The zero-order valence-corrected chi connectivity index (χ0v) is 14.6. The highest BCUT2D eigenvalue weighted by molar-refractivity contribution is 5.70. The van der Waals surface area contributed by atoms with Gasteiger partial charge in [-0.25, -0.2) is 4.79 Å². The summed E-state index contributed by atoms with van der Waals surface area (Å²) in [5.74, 6) is 0.672. The molecule has 0 spiro atoms.